The molecule has 0 bridgehead atoms. The van der Waals surface area contributed by atoms with Gasteiger partial charge in [-0.25, -0.2) is 0 Å². The molecule has 3 heteroatoms. The molecule has 0 saturated heterocycles. The highest BCUT2D eigenvalue weighted by atomic mass is 31.2. The molecule has 0 N–H and O–H groups in total. The van der Waals surface area contributed by atoms with Gasteiger partial charge in [-0.2, -0.15) is 0 Å². The van der Waals surface area contributed by atoms with Crippen LogP contribution in [0.2, 0.25) is 0 Å². The van der Waals surface area contributed by atoms with E-state index in [2.05, 4.69) is 30.3 Å². The molecule has 0 aromatic heterocycles. The van der Waals surface area contributed by atoms with E-state index >= 15 is 0 Å². The third kappa shape index (κ3) is 2.46. The van der Waals surface area contributed by atoms with Crippen molar-refractivity contribution in [3.05, 3.63) is 96.6 Å². The first-order valence-corrected chi connectivity index (χ1v) is 10.5. The Labute approximate surface area is 152 Å². The topological polar surface area (TPSA) is 26.3 Å². The standard InChI is InChI=1S/C23H17O2P/c24-26(16-17-13-14-18-7-1-2-8-19(18)15-17)23-12-6-4-10-21(23)20-9-3-5-11-22(20)25-26/h1-15H,16H2. The quantitative estimate of drug-likeness (QED) is 0.412. The number of para-hydroxylation sites is 1. The molecule has 0 fully saturated rings. The van der Waals surface area contributed by atoms with Crippen LogP contribution in [0.4, 0.5) is 0 Å². The largest absolute Gasteiger partial charge is 0.439 e. The highest BCUT2D eigenvalue weighted by molar-refractivity contribution is 7.67. The fourth-order valence-corrected chi connectivity index (χ4v) is 6.03. The van der Waals surface area contributed by atoms with Gasteiger partial charge >= 0.3 is 0 Å². The number of hydrogen-bond acceptors (Lipinski definition) is 2. The van der Waals surface area contributed by atoms with E-state index in [0.29, 0.717) is 11.9 Å². The molecule has 126 valence electrons. The molecule has 1 atom stereocenters. The van der Waals surface area contributed by atoms with E-state index in [1.807, 2.05) is 60.7 Å². The molecule has 0 saturated carbocycles. The van der Waals surface area contributed by atoms with Gasteiger partial charge in [-0.15, -0.1) is 0 Å². The maximum atomic E-state index is 13.9. The van der Waals surface area contributed by atoms with E-state index in [4.69, 9.17) is 4.52 Å². The van der Waals surface area contributed by atoms with Gasteiger partial charge in [0.15, 0.2) is 0 Å². The Kier molecular flexibility index (Phi) is 3.48. The van der Waals surface area contributed by atoms with Crippen molar-refractivity contribution in [3.63, 3.8) is 0 Å². The predicted molar refractivity (Wildman–Crippen MR) is 107 cm³/mol. The molecule has 1 heterocycles. The second kappa shape index (κ2) is 5.86. The summed E-state index contributed by atoms with van der Waals surface area (Å²) in [6.45, 7) is 0. The van der Waals surface area contributed by atoms with E-state index in [0.717, 1.165) is 27.4 Å². The van der Waals surface area contributed by atoms with Gasteiger partial charge in [0.05, 0.1) is 11.5 Å². The highest BCUT2D eigenvalue weighted by Crippen LogP contribution is 2.56. The Morgan fingerprint density at radius 2 is 1.38 bits per heavy atom. The molecule has 4 aromatic rings. The van der Waals surface area contributed by atoms with Crippen LogP contribution in [0.1, 0.15) is 5.56 Å². The molecule has 1 aliphatic rings. The van der Waals surface area contributed by atoms with E-state index in [9.17, 15) is 4.57 Å². The number of benzene rings is 4. The molecule has 0 amide bonds. The van der Waals surface area contributed by atoms with Crippen LogP contribution in [-0.2, 0) is 10.7 Å². The van der Waals surface area contributed by atoms with Gasteiger partial charge in [-0.05, 0) is 34.0 Å². The van der Waals surface area contributed by atoms with Crippen LogP contribution in [0.3, 0.4) is 0 Å². The molecule has 1 aliphatic heterocycles. The number of fused-ring (bicyclic) bond motifs is 4. The zero-order chi connectivity index (χ0) is 17.6. The maximum Gasteiger partial charge on any atom is 0.282 e. The molecule has 0 spiro atoms. The molecular formula is C23H17O2P. The molecule has 0 aliphatic carbocycles. The lowest BCUT2D eigenvalue weighted by molar-refractivity contribution is 0.490. The van der Waals surface area contributed by atoms with Gasteiger partial charge in [-0.1, -0.05) is 78.9 Å². The first-order chi connectivity index (χ1) is 12.7. The lowest BCUT2D eigenvalue weighted by Gasteiger charge is -2.28. The summed E-state index contributed by atoms with van der Waals surface area (Å²) in [7, 11) is -3.04. The number of rotatable bonds is 2. The molecular weight excluding hydrogens is 339 g/mol. The van der Waals surface area contributed by atoms with Crippen molar-refractivity contribution in [2.24, 2.45) is 0 Å². The zero-order valence-electron chi connectivity index (χ0n) is 14.1. The van der Waals surface area contributed by atoms with Crippen LogP contribution in [-0.4, -0.2) is 0 Å². The van der Waals surface area contributed by atoms with Crippen LogP contribution in [0, 0.1) is 0 Å². The summed E-state index contributed by atoms with van der Waals surface area (Å²) in [5.41, 5.74) is 3.05. The van der Waals surface area contributed by atoms with Crippen LogP contribution in [0.25, 0.3) is 21.9 Å². The Hall–Kier alpha value is -2.83. The number of hydrogen-bond donors (Lipinski definition) is 0. The highest BCUT2D eigenvalue weighted by Gasteiger charge is 2.35. The van der Waals surface area contributed by atoms with Crippen molar-refractivity contribution in [2.75, 3.05) is 0 Å². The Balaban J connectivity index is 1.63. The predicted octanol–water partition coefficient (Wildman–Crippen LogP) is 6.00. The lowest BCUT2D eigenvalue weighted by atomic mass is 10.0. The van der Waals surface area contributed by atoms with Crippen LogP contribution >= 0.6 is 7.37 Å². The third-order valence-electron chi connectivity index (χ3n) is 4.90. The van der Waals surface area contributed by atoms with Crippen molar-refractivity contribution in [3.8, 4) is 16.9 Å². The smallest absolute Gasteiger partial charge is 0.282 e. The van der Waals surface area contributed by atoms with Gasteiger partial charge in [0.1, 0.15) is 5.75 Å². The molecule has 26 heavy (non-hydrogen) atoms. The molecule has 0 radical (unpaired) electrons. The van der Waals surface area contributed by atoms with E-state index in [1.165, 1.54) is 5.39 Å². The van der Waals surface area contributed by atoms with Crippen LogP contribution in [0.15, 0.2) is 91.0 Å². The van der Waals surface area contributed by atoms with Crippen LogP contribution < -0.4 is 9.83 Å². The zero-order valence-corrected chi connectivity index (χ0v) is 15.0. The fourth-order valence-electron chi connectivity index (χ4n) is 3.67. The molecule has 5 rings (SSSR count). The molecule has 1 unspecified atom stereocenters. The minimum Gasteiger partial charge on any atom is -0.439 e. The summed E-state index contributed by atoms with van der Waals surface area (Å²) in [4.78, 5) is 0. The minimum absolute atomic E-state index is 0.392. The summed E-state index contributed by atoms with van der Waals surface area (Å²) < 4.78 is 20.0. The summed E-state index contributed by atoms with van der Waals surface area (Å²) in [5.74, 6) is 0.704. The maximum absolute atomic E-state index is 13.9. The Bertz CT molecular complexity index is 1180. The lowest BCUT2D eigenvalue weighted by Crippen LogP contribution is -2.18. The second-order valence-corrected chi connectivity index (χ2v) is 8.95. The second-order valence-electron chi connectivity index (χ2n) is 6.62. The van der Waals surface area contributed by atoms with Crippen molar-refractivity contribution in [2.45, 2.75) is 6.16 Å². The first-order valence-electron chi connectivity index (χ1n) is 8.68. The minimum atomic E-state index is -3.04. The van der Waals surface area contributed by atoms with E-state index < -0.39 is 7.37 Å². The average molecular weight is 356 g/mol. The molecule has 4 aromatic carbocycles. The van der Waals surface area contributed by atoms with Gasteiger partial charge in [0.2, 0.25) is 0 Å². The first kappa shape index (κ1) is 15.4. The van der Waals surface area contributed by atoms with E-state index in [-0.39, 0.29) is 0 Å². The normalized spacial score (nSPS) is 18.0. The Morgan fingerprint density at radius 3 is 2.27 bits per heavy atom. The average Bonchev–Trinajstić information content (AvgIpc) is 2.68. The van der Waals surface area contributed by atoms with Gasteiger partial charge in [0, 0.05) is 5.56 Å². The fraction of sp³-hybridized carbons (Fsp3) is 0.0435. The summed E-state index contributed by atoms with van der Waals surface area (Å²) in [6.07, 6.45) is 0.392. The molecule has 2 nitrogen and oxygen atoms in total. The SMILES string of the molecule is O=P1(Cc2ccc3ccccc3c2)Oc2ccccc2-c2ccccc21. The third-order valence-corrected chi connectivity index (χ3v) is 7.30. The van der Waals surface area contributed by atoms with Gasteiger partial charge < -0.3 is 4.52 Å². The summed E-state index contributed by atoms with van der Waals surface area (Å²) in [6, 6.07) is 30.2. The van der Waals surface area contributed by atoms with Gasteiger partial charge in [-0.3, -0.25) is 4.57 Å². The van der Waals surface area contributed by atoms with Gasteiger partial charge in [0.25, 0.3) is 7.37 Å². The van der Waals surface area contributed by atoms with Crippen molar-refractivity contribution < 1.29 is 9.09 Å². The van der Waals surface area contributed by atoms with Crippen LogP contribution in [0.5, 0.6) is 5.75 Å². The monoisotopic (exact) mass is 356 g/mol. The van der Waals surface area contributed by atoms with Crippen molar-refractivity contribution >= 4 is 23.4 Å². The van der Waals surface area contributed by atoms with Crippen molar-refractivity contribution in [1.29, 1.82) is 0 Å². The summed E-state index contributed by atoms with van der Waals surface area (Å²) in [5, 5.41) is 3.15. The summed E-state index contributed by atoms with van der Waals surface area (Å²) >= 11 is 0. The van der Waals surface area contributed by atoms with Crippen molar-refractivity contribution in [1.82, 2.24) is 0 Å². The Morgan fingerprint density at radius 1 is 0.692 bits per heavy atom. The van der Waals surface area contributed by atoms with E-state index in [1.54, 1.807) is 0 Å².